The van der Waals surface area contributed by atoms with E-state index in [1.54, 1.807) is 29.2 Å². The van der Waals surface area contributed by atoms with Crippen LogP contribution in [-0.4, -0.2) is 46.0 Å². The van der Waals surface area contributed by atoms with Crippen LogP contribution in [0.5, 0.6) is 5.75 Å². The number of amides is 1. The van der Waals surface area contributed by atoms with Crippen molar-refractivity contribution in [2.24, 2.45) is 0 Å². The molecule has 212 valence electrons. The number of sulfonamides is 1. The predicted molar refractivity (Wildman–Crippen MR) is 157 cm³/mol. The minimum absolute atomic E-state index is 0.000994. The first-order valence-electron chi connectivity index (χ1n) is 12.6. The molecule has 0 bridgehead atoms. The van der Waals surface area contributed by atoms with Crippen molar-refractivity contribution in [2.75, 3.05) is 25.1 Å². The maximum Gasteiger partial charge on any atom is 0.340 e. The Kier molecular flexibility index (Phi) is 9.65. The third kappa shape index (κ3) is 7.45. The first-order valence-corrected chi connectivity index (χ1v) is 14.5. The van der Waals surface area contributed by atoms with Gasteiger partial charge in [0, 0.05) is 20.1 Å². The number of carbonyl (C=O) groups excluding carboxylic acids is 2. The summed E-state index contributed by atoms with van der Waals surface area (Å²) in [5.41, 5.74) is 2.07. The maximum absolute atomic E-state index is 13.3. The van der Waals surface area contributed by atoms with Crippen molar-refractivity contribution in [2.45, 2.75) is 18.0 Å². The summed E-state index contributed by atoms with van der Waals surface area (Å²) < 4.78 is 38.2. The van der Waals surface area contributed by atoms with Crippen LogP contribution in [0, 0.1) is 0 Å². The number of hydrogen-bond donors (Lipinski definition) is 0. The van der Waals surface area contributed by atoms with Gasteiger partial charge in [0.2, 0.25) is 0 Å². The first kappa shape index (κ1) is 29.6. The Morgan fingerprint density at radius 1 is 0.805 bits per heavy atom. The number of halogens is 1. The van der Waals surface area contributed by atoms with Gasteiger partial charge >= 0.3 is 5.97 Å². The van der Waals surface area contributed by atoms with Crippen molar-refractivity contribution < 1.29 is 27.5 Å². The molecule has 0 heterocycles. The van der Waals surface area contributed by atoms with Gasteiger partial charge in [-0.3, -0.25) is 9.10 Å². The van der Waals surface area contributed by atoms with Crippen molar-refractivity contribution >= 4 is 39.2 Å². The summed E-state index contributed by atoms with van der Waals surface area (Å²) in [6.07, 6.45) is 0. The number of anilines is 1. The van der Waals surface area contributed by atoms with E-state index in [-0.39, 0.29) is 15.5 Å². The van der Waals surface area contributed by atoms with Gasteiger partial charge in [0.1, 0.15) is 5.75 Å². The lowest BCUT2D eigenvalue weighted by molar-refractivity contribution is -0.135. The molecule has 4 rings (SSSR count). The molecule has 10 heteroatoms. The molecule has 0 atom stereocenters. The summed E-state index contributed by atoms with van der Waals surface area (Å²) >= 11 is 6.25. The molecule has 0 aromatic heterocycles. The van der Waals surface area contributed by atoms with Crippen molar-refractivity contribution in [3.63, 3.8) is 0 Å². The minimum atomic E-state index is -4.05. The van der Waals surface area contributed by atoms with Crippen molar-refractivity contribution in [1.29, 1.82) is 0 Å². The number of rotatable bonds is 11. The summed E-state index contributed by atoms with van der Waals surface area (Å²) in [5.74, 6) is -0.742. The van der Waals surface area contributed by atoms with Crippen LogP contribution in [0.2, 0.25) is 5.02 Å². The van der Waals surface area contributed by atoms with Crippen LogP contribution >= 0.6 is 11.6 Å². The Bertz CT molecular complexity index is 1560. The molecule has 4 aromatic carbocycles. The number of esters is 1. The molecule has 0 aliphatic carbocycles. The van der Waals surface area contributed by atoms with Crippen LogP contribution in [0.25, 0.3) is 0 Å². The van der Waals surface area contributed by atoms with Gasteiger partial charge in [-0.2, -0.15) is 0 Å². The van der Waals surface area contributed by atoms with E-state index in [0.29, 0.717) is 24.5 Å². The molecule has 41 heavy (non-hydrogen) atoms. The topological polar surface area (TPSA) is 93.2 Å². The summed E-state index contributed by atoms with van der Waals surface area (Å²) in [6, 6.07) is 29.2. The van der Waals surface area contributed by atoms with Gasteiger partial charge in [-0.1, -0.05) is 72.3 Å². The molecule has 0 saturated carbocycles. The molecule has 0 N–H and O–H groups in total. The molecule has 0 fully saturated rings. The van der Waals surface area contributed by atoms with E-state index >= 15 is 0 Å². The third-order valence-electron chi connectivity index (χ3n) is 6.36. The number of ether oxygens (including phenoxy) is 2. The van der Waals surface area contributed by atoms with E-state index in [4.69, 9.17) is 21.1 Å². The molecule has 0 radical (unpaired) electrons. The Labute approximate surface area is 244 Å². The van der Waals surface area contributed by atoms with Gasteiger partial charge in [0.15, 0.2) is 6.61 Å². The van der Waals surface area contributed by atoms with Gasteiger partial charge in [0.05, 0.1) is 28.3 Å². The Morgan fingerprint density at radius 2 is 1.37 bits per heavy atom. The molecule has 4 aromatic rings. The minimum Gasteiger partial charge on any atom is -0.497 e. The fourth-order valence-corrected chi connectivity index (χ4v) is 5.46. The van der Waals surface area contributed by atoms with E-state index in [0.717, 1.165) is 21.5 Å². The average Bonchev–Trinajstić information content (AvgIpc) is 3.00. The van der Waals surface area contributed by atoms with Crippen LogP contribution in [0.4, 0.5) is 5.69 Å². The lowest BCUT2D eigenvalue weighted by Crippen LogP contribution is -2.34. The zero-order chi connectivity index (χ0) is 29.4. The van der Waals surface area contributed by atoms with E-state index in [1.807, 2.05) is 60.7 Å². The second-order valence-electron chi connectivity index (χ2n) is 9.11. The Balaban J connectivity index is 1.49. The second kappa shape index (κ2) is 13.3. The molecule has 0 spiro atoms. The van der Waals surface area contributed by atoms with Crippen LogP contribution in [0.1, 0.15) is 21.5 Å². The van der Waals surface area contributed by atoms with Gasteiger partial charge in [0.25, 0.3) is 15.9 Å². The summed E-state index contributed by atoms with van der Waals surface area (Å²) in [4.78, 5) is 27.6. The van der Waals surface area contributed by atoms with E-state index < -0.39 is 28.5 Å². The first-order chi connectivity index (χ1) is 19.7. The highest BCUT2D eigenvalue weighted by Crippen LogP contribution is 2.27. The molecular weight excluding hydrogens is 564 g/mol. The van der Waals surface area contributed by atoms with E-state index in [2.05, 4.69) is 0 Å². The average molecular weight is 593 g/mol. The van der Waals surface area contributed by atoms with Crippen molar-refractivity contribution in [1.82, 2.24) is 4.90 Å². The number of nitrogens with zero attached hydrogens (tertiary/aromatic N) is 2. The van der Waals surface area contributed by atoms with Crippen LogP contribution < -0.4 is 9.04 Å². The monoisotopic (exact) mass is 592 g/mol. The van der Waals surface area contributed by atoms with Gasteiger partial charge < -0.3 is 14.4 Å². The van der Waals surface area contributed by atoms with Crippen LogP contribution in [0.15, 0.2) is 108 Å². The molecule has 1 amide bonds. The largest absolute Gasteiger partial charge is 0.497 e. The highest BCUT2D eigenvalue weighted by atomic mass is 35.5. The second-order valence-corrected chi connectivity index (χ2v) is 11.5. The van der Waals surface area contributed by atoms with Crippen LogP contribution in [0.3, 0.4) is 0 Å². The fourth-order valence-electron chi connectivity index (χ4n) is 4.05. The highest BCUT2D eigenvalue weighted by Gasteiger charge is 2.25. The standard InChI is InChI=1S/C31H29ClN2O6S/c1-33(25-13-15-26(39-2)16-14-25)41(37,38)27-17-18-29(32)28(19-27)31(36)40-22-30(35)34(20-23-9-5-3-6-10-23)21-24-11-7-4-8-12-24/h3-19H,20-22H2,1-2H3. The predicted octanol–water partition coefficient (Wildman–Crippen LogP) is 5.56. The quantitative estimate of drug-likeness (QED) is 0.212. The third-order valence-corrected chi connectivity index (χ3v) is 8.48. The van der Waals surface area contributed by atoms with E-state index in [9.17, 15) is 18.0 Å². The van der Waals surface area contributed by atoms with E-state index in [1.165, 1.54) is 26.3 Å². The smallest absolute Gasteiger partial charge is 0.340 e. The summed E-state index contributed by atoms with van der Waals surface area (Å²) in [7, 11) is -1.13. The lowest BCUT2D eigenvalue weighted by atomic mass is 10.1. The number of methoxy groups -OCH3 is 1. The molecule has 0 unspecified atom stereocenters. The fraction of sp³-hybridized carbons (Fsp3) is 0.161. The van der Waals surface area contributed by atoms with Gasteiger partial charge in [-0.05, 0) is 53.6 Å². The number of carbonyl (C=O) groups is 2. The number of hydrogen-bond acceptors (Lipinski definition) is 6. The molecule has 0 aliphatic rings. The SMILES string of the molecule is COc1ccc(N(C)S(=O)(=O)c2ccc(Cl)c(C(=O)OCC(=O)N(Cc3ccccc3)Cc3ccccc3)c2)cc1. The zero-order valence-electron chi connectivity index (χ0n) is 22.6. The molecule has 8 nitrogen and oxygen atoms in total. The molecular formula is C31H29ClN2O6S. The molecule has 0 saturated heterocycles. The zero-order valence-corrected chi connectivity index (χ0v) is 24.1. The number of benzene rings is 4. The lowest BCUT2D eigenvalue weighted by Gasteiger charge is -2.23. The van der Waals surface area contributed by atoms with Crippen molar-refractivity contribution in [3.05, 3.63) is 125 Å². The highest BCUT2D eigenvalue weighted by molar-refractivity contribution is 7.92. The Morgan fingerprint density at radius 3 is 1.90 bits per heavy atom. The maximum atomic E-state index is 13.3. The van der Waals surface area contributed by atoms with Crippen LogP contribution in [-0.2, 0) is 32.6 Å². The summed E-state index contributed by atoms with van der Waals surface area (Å²) in [5, 5.41) is -0.000994. The normalized spacial score (nSPS) is 11.0. The summed E-state index contributed by atoms with van der Waals surface area (Å²) in [6.45, 7) is 0.0914. The Hall–Kier alpha value is -4.34. The molecule has 0 aliphatic heterocycles. The van der Waals surface area contributed by atoms with Gasteiger partial charge in [-0.15, -0.1) is 0 Å². The van der Waals surface area contributed by atoms with Gasteiger partial charge in [-0.25, -0.2) is 13.2 Å². The van der Waals surface area contributed by atoms with Crippen molar-refractivity contribution in [3.8, 4) is 5.75 Å².